The Labute approximate surface area is 97.9 Å². The summed E-state index contributed by atoms with van der Waals surface area (Å²) in [6.45, 7) is 0. The second-order valence-electron chi connectivity index (χ2n) is 4.44. The first-order chi connectivity index (χ1) is 7.66. The van der Waals surface area contributed by atoms with Crippen molar-refractivity contribution in [1.29, 1.82) is 0 Å². The summed E-state index contributed by atoms with van der Waals surface area (Å²) in [4.78, 5) is 11.6. The summed E-state index contributed by atoms with van der Waals surface area (Å²) in [5.74, 6) is 0.205. The van der Waals surface area contributed by atoms with Gasteiger partial charge in [0.25, 0.3) is 0 Å². The molecule has 2 aliphatic carbocycles. The molecule has 3 rings (SSSR count). The predicted molar refractivity (Wildman–Crippen MR) is 60.3 cm³/mol. The fourth-order valence-electron chi connectivity index (χ4n) is 2.30. The Hall–Kier alpha value is -1.15. The van der Waals surface area contributed by atoms with Gasteiger partial charge in [-0.2, -0.15) is 0 Å². The minimum absolute atomic E-state index is 0.104. The van der Waals surface area contributed by atoms with Crippen molar-refractivity contribution in [2.45, 2.75) is 18.8 Å². The molecule has 0 aliphatic heterocycles. The second kappa shape index (κ2) is 3.42. The molecule has 0 amide bonds. The Kier molecular flexibility index (Phi) is 2.15. The molecule has 2 aliphatic rings. The number of ketones is 1. The summed E-state index contributed by atoms with van der Waals surface area (Å²) in [5.41, 5.74) is 1.36. The van der Waals surface area contributed by atoms with E-state index in [4.69, 9.17) is 11.6 Å². The number of halogens is 2. The Bertz CT molecular complexity index is 503. The maximum atomic E-state index is 13.3. The summed E-state index contributed by atoms with van der Waals surface area (Å²) in [5, 5.41) is 0.104. The van der Waals surface area contributed by atoms with Crippen molar-refractivity contribution < 1.29 is 9.18 Å². The minimum atomic E-state index is -0.515. The molecule has 1 saturated carbocycles. The summed E-state index contributed by atoms with van der Waals surface area (Å²) >= 11 is 5.77. The van der Waals surface area contributed by atoms with Gasteiger partial charge < -0.3 is 0 Å². The van der Waals surface area contributed by atoms with E-state index in [1.807, 2.05) is 6.08 Å². The molecule has 1 aromatic rings. The lowest BCUT2D eigenvalue weighted by molar-refractivity contribution is 0.104. The van der Waals surface area contributed by atoms with Gasteiger partial charge in [0.2, 0.25) is 0 Å². The highest BCUT2D eigenvalue weighted by atomic mass is 35.5. The third-order valence-electron chi connectivity index (χ3n) is 3.30. The van der Waals surface area contributed by atoms with Crippen LogP contribution in [0.1, 0.15) is 34.7 Å². The van der Waals surface area contributed by atoms with E-state index in [2.05, 4.69) is 0 Å². The molecule has 1 aromatic carbocycles. The topological polar surface area (TPSA) is 17.1 Å². The van der Waals surface area contributed by atoms with Crippen LogP contribution in [0.2, 0.25) is 5.02 Å². The summed E-state index contributed by atoms with van der Waals surface area (Å²) in [7, 11) is 0. The average molecular weight is 237 g/mol. The Morgan fingerprint density at radius 1 is 1.31 bits per heavy atom. The molecule has 0 bridgehead atoms. The first-order valence-electron chi connectivity index (χ1n) is 5.38. The molecule has 0 aromatic heterocycles. The molecule has 16 heavy (non-hydrogen) atoms. The van der Waals surface area contributed by atoms with E-state index in [9.17, 15) is 9.18 Å². The molecule has 82 valence electrons. The van der Waals surface area contributed by atoms with Gasteiger partial charge in [0.1, 0.15) is 5.82 Å². The molecule has 0 radical (unpaired) electrons. The average Bonchev–Trinajstić information content (AvgIpc) is 3.05. The highest BCUT2D eigenvalue weighted by Crippen LogP contribution is 2.46. The molecule has 0 spiro atoms. The maximum Gasteiger partial charge on any atom is 0.185 e. The lowest BCUT2D eigenvalue weighted by Crippen LogP contribution is -2.12. The molecule has 1 fully saturated rings. The number of carbonyl (C=O) groups excluding carboxylic acids is 1. The molecule has 0 N–H and O–H groups in total. The Morgan fingerprint density at radius 2 is 2.06 bits per heavy atom. The first kappa shape index (κ1) is 10.0. The van der Waals surface area contributed by atoms with Crippen LogP contribution in [0.4, 0.5) is 4.39 Å². The highest BCUT2D eigenvalue weighted by Gasteiger charge is 2.35. The zero-order valence-corrected chi connectivity index (χ0v) is 9.30. The highest BCUT2D eigenvalue weighted by molar-refractivity contribution is 6.31. The van der Waals surface area contributed by atoms with Gasteiger partial charge in [0.15, 0.2) is 5.78 Å². The molecular formula is C13H10ClFO. The Morgan fingerprint density at radius 3 is 2.75 bits per heavy atom. The number of benzene rings is 1. The zero-order valence-electron chi connectivity index (χ0n) is 8.54. The fourth-order valence-corrected chi connectivity index (χ4v) is 2.47. The van der Waals surface area contributed by atoms with Gasteiger partial charge in [0.05, 0.1) is 5.02 Å². The summed E-state index contributed by atoms with van der Waals surface area (Å²) < 4.78 is 13.3. The molecule has 3 heteroatoms. The van der Waals surface area contributed by atoms with E-state index < -0.39 is 5.82 Å². The number of allylic oxidation sites excluding steroid dienone is 2. The standard InChI is InChI=1S/C13H10ClFO/c14-11-5-9-8(7-1-2-7)3-4-13(16)10(9)6-12(11)15/h3-8H,1-2H2. The van der Waals surface area contributed by atoms with Crippen LogP contribution in [-0.4, -0.2) is 5.78 Å². The monoisotopic (exact) mass is 236 g/mol. The molecule has 1 unspecified atom stereocenters. The van der Waals surface area contributed by atoms with Crippen LogP contribution < -0.4 is 0 Å². The van der Waals surface area contributed by atoms with Crippen LogP contribution in [0, 0.1) is 11.7 Å². The number of fused-ring (bicyclic) bond motifs is 1. The van der Waals surface area contributed by atoms with Gasteiger partial charge in [-0.15, -0.1) is 0 Å². The van der Waals surface area contributed by atoms with Crippen molar-refractivity contribution in [3.8, 4) is 0 Å². The minimum Gasteiger partial charge on any atom is -0.289 e. The molecular weight excluding hydrogens is 227 g/mol. The van der Waals surface area contributed by atoms with Gasteiger partial charge in [-0.3, -0.25) is 4.79 Å². The van der Waals surface area contributed by atoms with Crippen molar-refractivity contribution in [3.63, 3.8) is 0 Å². The van der Waals surface area contributed by atoms with Crippen LogP contribution >= 0.6 is 11.6 Å². The van der Waals surface area contributed by atoms with Gasteiger partial charge in [-0.1, -0.05) is 17.7 Å². The van der Waals surface area contributed by atoms with Crippen LogP contribution in [0.25, 0.3) is 0 Å². The number of carbonyl (C=O) groups is 1. The predicted octanol–water partition coefficient (Wildman–Crippen LogP) is 3.73. The maximum absolute atomic E-state index is 13.3. The Balaban J connectivity index is 2.16. The third kappa shape index (κ3) is 1.49. The fraction of sp³-hybridized carbons (Fsp3) is 0.308. The van der Waals surface area contributed by atoms with E-state index in [0.29, 0.717) is 11.5 Å². The van der Waals surface area contributed by atoms with Crippen molar-refractivity contribution in [2.75, 3.05) is 0 Å². The van der Waals surface area contributed by atoms with E-state index in [1.165, 1.54) is 18.9 Å². The molecule has 1 nitrogen and oxygen atoms in total. The van der Waals surface area contributed by atoms with Crippen LogP contribution in [0.5, 0.6) is 0 Å². The van der Waals surface area contributed by atoms with Crippen LogP contribution in [0.15, 0.2) is 24.3 Å². The zero-order chi connectivity index (χ0) is 11.3. The van der Waals surface area contributed by atoms with Gasteiger partial charge in [-0.25, -0.2) is 4.39 Å². The smallest absolute Gasteiger partial charge is 0.185 e. The van der Waals surface area contributed by atoms with Crippen molar-refractivity contribution in [3.05, 3.63) is 46.3 Å². The van der Waals surface area contributed by atoms with Crippen molar-refractivity contribution in [2.24, 2.45) is 5.92 Å². The first-order valence-corrected chi connectivity index (χ1v) is 5.76. The quantitative estimate of drug-likeness (QED) is 0.726. The van der Waals surface area contributed by atoms with Gasteiger partial charge in [-0.05, 0) is 42.5 Å². The third-order valence-corrected chi connectivity index (χ3v) is 3.59. The summed E-state index contributed by atoms with van der Waals surface area (Å²) in [6.07, 6.45) is 5.84. The lowest BCUT2D eigenvalue weighted by atomic mass is 9.84. The van der Waals surface area contributed by atoms with Crippen molar-refractivity contribution in [1.82, 2.24) is 0 Å². The van der Waals surface area contributed by atoms with Gasteiger partial charge in [0, 0.05) is 11.5 Å². The van der Waals surface area contributed by atoms with E-state index in [-0.39, 0.29) is 16.7 Å². The largest absolute Gasteiger partial charge is 0.289 e. The van der Waals surface area contributed by atoms with E-state index in [0.717, 1.165) is 5.56 Å². The SMILES string of the molecule is O=C1C=CC(C2CC2)c2cc(Cl)c(F)cc21. The molecule has 0 saturated heterocycles. The number of hydrogen-bond acceptors (Lipinski definition) is 1. The second-order valence-corrected chi connectivity index (χ2v) is 4.85. The van der Waals surface area contributed by atoms with Crippen LogP contribution in [-0.2, 0) is 0 Å². The molecule has 1 atom stereocenters. The van der Waals surface area contributed by atoms with Crippen molar-refractivity contribution >= 4 is 17.4 Å². The normalized spacial score (nSPS) is 23.4. The van der Waals surface area contributed by atoms with Crippen LogP contribution in [0.3, 0.4) is 0 Å². The number of rotatable bonds is 1. The number of hydrogen-bond donors (Lipinski definition) is 0. The van der Waals surface area contributed by atoms with Gasteiger partial charge >= 0.3 is 0 Å². The lowest BCUT2D eigenvalue weighted by Gasteiger charge is -2.20. The van der Waals surface area contributed by atoms with E-state index >= 15 is 0 Å². The molecule has 0 heterocycles. The summed E-state index contributed by atoms with van der Waals surface area (Å²) in [6, 6.07) is 2.87. The van der Waals surface area contributed by atoms with E-state index in [1.54, 1.807) is 12.1 Å².